The largest absolute Gasteiger partial charge is 0.456 e. The van der Waals surface area contributed by atoms with Crippen molar-refractivity contribution in [3.63, 3.8) is 0 Å². The minimum Gasteiger partial charge on any atom is -0.456 e. The topological polar surface area (TPSA) is 35.2 Å². The summed E-state index contributed by atoms with van der Waals surface area (Å²) in [4.78, 5) is 0. The Morgan fingerprint density at radius 1 is 1.12 bits per heavy atom. The van der Waals surface area contributed by atoms with E-state index in [1.165, 1.54) is 0 Å². The summed E-state index contributed by atoms with van der Waals surface area (Å²) in [5.41, 5.74) is 7.43. The second kappa shape index (κ2) is 4.45. The smallest absolute Gasteiger partial charge is 0.146 e. The first-order chi connectivity index (χ1) is 7.65. The van der Waals surface area contributed by atoms with Crippen LogP contribution in [0.2, 0.25) is 5.02 Å². The van der Waals surface area contributed by atoms with Gasteiger partial charge in [-0.3, -0.25) is 0 Å². The van der Waals surface area contributed by atoms with E-state index in [2.05, 4.69) is 0 Å². The second-order valence-corrected chi connectivity index (χ2v) is 4.02. The van der Waals surface area contributed by atoms with Crippen molar-refractivity contribution in [2.75, 3.05) is 5.73 Å². The van der Waals surface area contributed by atoms with E-state index in [0.717, 1.165) is 5.56 Å². The third kappa shape index (κ3) is 2.47. The molecule has 0 aliphatic rings. The SMILES string of the molecule is Cc1ccc(Oc2cccc(N)c2)c(Cl)c1. The molecule has 2 N–H and O–H groups in total. The summed E-state index contributed by atoms with van der Waals surface area (Å²) < 4.78 is 5.63. The Balaban J connectivity index is 2.27. The van der Waals surface area contributed by atoms with E-state index in [-0.39, 0.29) is 0 Å². The highest BCUT2D eigenvalue weighted by atomic mass is 35.5. The maximum absolute atomic E-state index is 6.06. The van der Waals surface area contributed by atoms with Crippen LogP contribution in [-0.2, 0) is 0 Å². The lowest BCUT2D eigenvalue weighted by atomic mass is 10.2. The van der Waals surface area contributed by atoms with Crippen molar-refractivity contribution in [3.05, 3.63) is 53.1 Å². The number of nitrogen functional groups attached to an aromatic ring is 1. The van der Waals surface area contributed by atoms with Gasteiger partial charge in [-0.15, -0.1) is 0 Å². The fourth-order valence-corrected chi connectivity index (χ4v) is 1.67. The van der Waals surface area contributed by atoms with Crippen LogP contribution in [0.5, 0.6) is 11.5 Å². The molecule has 0 atom stereocenters. The molecule has 0 fully saturated rings. The van der Waals surface area contributed by atoms with Gasteiger partial charge in [-0.25, -0.2) is 0 Å². The highest BCUT2D eigenvalue weighted by molar-refractivity contribution is 6.32. The van der Waals surface area contributed by atoms with E-state index in [4.69, 9.17) is 22.1 Å². The maximum Gasteiger partial charge on any atom is 0.146 e. The fraction of sp³-hybridized carbons (Fsp3) is 0.0769. The van der Waals surface area contributed by atoms with Crippen LogP contribution in [0.25, 0.3) is 0 Å². The van der Waals surface area contributed by atoms with E-state index < -0.39 is 0 Å². The zero-order valence-corrected chi connectivity index (χ0v) is 9.66. The predicted octanol–water partition coefficient (Wildman–Crippen LogP) is 4.02. The fourth-order valence-electron chi connectivity index (χ4n) is 1.39. The number of benzene rings is 2. The number of hydrogen-bond donors (Lipinski definition) is 1. The molecule has 0 aliphatic carbocycles. The van der Waals surface area contributed by atoms with Crippen LogP contribution in [0, 0.1) is 6.92 Å². The third-order valence-corrected chi connectivity index (χ3v) is 2.47. The Morgan fingerprint density at radius 3 is 2.62 bits per heavy atom. The molecule has 2 rings (SSSR count). The van der Waals surface area contributed by atoms with Gasteiger partial charge in [0.2, 0.25) is 0 Å². The van der Waals surface area contributed by atoms with Crippen LogP contribution in [0.4, 0.5) is 5.69 Å². The van der Waals surface area contributed by atoms with Crippen molar-refractivity contribution in [1.29, 1.82) is 0 Å². The van der Waals surface area contributed by atoms with Gasteiger partial charge in [-0.05, 0) is 36.8 Å². The molecule has 0 aromatic heterocycles. The molecule has 0 saturated carbocycles. The first kappa shape index (κ1) is 10.8. The second-order valence-electron chi connectivity index (χ2n) is 3.61. The summed E-state index contributed by atoms with van der Waals surface area (Å²) in [5.74, 6) is 1.32. The van der Waals surface area contributed by atoms with Crippen LogP contribution >= 0.6 is 11.6 Å². The van der Waals surface area contributed by atoms with Gasteiger partial charge in [-0.2, -0.15) is 0 Å². The molecule has 2 aromatic rings. The Bertz CT molecular complexity index is 511. The van der Waals surface area contributed by atoms with Gasteiger partial charge >= 0.3 is 0 Å². The van der Waals surface area contributed by atoms with Crippen LogP contribution in [-0.4, -0.2) is 0 Å². The van der Waals surface area contributed by atoms with Crippen molar-refractivity contribution < 1.29 is 4.74 Å². The molecule has 2 nitrogen and oxygen atoms in total. The maximum atomic E-state index is 6.06. The molecular weight excluding hydrogens is 222 g/mol. The molecular formula is C13H12ClNO. The van der Waals surface area contributed by atoms with Gasteiger partial charge in [0.1, 0.15) is 11.5 Å². The van der Waals surface area contributed by atoms with Gasteiger partial charge in [0, 0.05) is 11.8 Å². The molecule has 0 spiro atoms. The van der Waals surface area contributed by atoms with Crippen molar-refractivity contribution in [3.8, 4) is 11.5 Å². The highest BCUT2D eigenvalue weighted by Gasteiger charge is 2.03. The molecule has 0 saturated heterocycles. The Hall–Kier alpha value is -1.67. The molecule has 0 unspecified atom stereocenters. The minimum atomic E-state index is 0.599. The Morgan fingerprint density at radius 2 is 1.94 bits per heavy atom. The van der Waals surface area contributed by atoms with Gasteiger partial charge < -0.3 is 10.5 Å². The molecule has 0 radical (unpaired) electrons. The van der Waals surface area contributed by atoms with Crippen LogP contribution in [0.15, 0.2) is 42.5 Å². The summed E-state index contributed by atoms with van der Waals surface area (Å²) in [7, 11) is 0. The average molecular weight is 234 g/mol. The van der Waals surface area contributed by atoms with Gasteiger partial charge in [0.05, 0.1) is 5.02 Å². The first-order valence-electron chi connectivity index (χ1n) is 4.95. The summed E-state index contributed by atoms with van der Waals surface area (Å²) in [6.45, 7) is 1.98. The summed E-state index contributed by atoms with van der Waals surface area (Å²) in [6.07, 6.45) is 0. The van der Waals surface area contributed by atoms with Crippen molar-refractivity contribution in [1.82, 2.24) is 0 Å². The van der Waals surface area contributed by atoms with E-state index in [1.54, 1.807) is 6.07 Å². The zero-order valence-electron chi connectivity index (χ0n) is 8.91. The van der Waals surface area contributed by atoms with Crippen LogP contribution in [0.3, 0.4) is 0 Å². The van der Waals surface area contributed by atoms with Crippen LogP contribution < -0.4 is 10.5 Å². The molecule has 0 heterocycles. The molecule has 0 amide bonds. The Labute approximate surface area is 99.6 Å². The Kier molecular flexibility index (Phi) is 3.02. The van der Waals surface area contributed by atoms with E-state index in [0.29, 0.717) is 22.2 Å². The standard InChI is InChI=1S/C13H12ClNO/c1-9-5-6-13(12(14)7-9)16-11-4-2-3-10(15)8-11/h2-8H,15H2,1H3. The van der Waals surface area contributed by atoms with Gasteiger partial charge in [0.25, 0.3) is 0 Å². The van der Waals surface area contributed by atoms with Crippen molar-refractivity contribution >= 4 is 17.3 Å². The zero-order chi connectivity index (χ0) is 11.5. The number of nitrogens with two attached hydrogens (primary N) is 1. The first-order valence-corrected chi connectivity index (χ1v) is 5.32. The van der Waals surface area contributed by atoms with E-state index in [1.807, 2.05) is 43.3 Å². The minimum absolute atomic E-state index is 0.599. The predicted molar refractivity (Wildman–Crippen MR) is 67.1 cm³/mol. The number of anilines is 1. The molecule has 3 heteroatoms. The van der Waals surface area contributed by atoms with Gasteiger partial charge in [0.15, 0.2) is 0 Å². The van der Waals surface area contributed by atoms with Gasteiger partial charge in [-0.1, -0.05) is 23.7 Å². The van der Waals surface area contributed by atoms with E-state index in [9.17, 15) is 0 Å². The molecule has 16 heavy (non-hydrogen) atoms. The summed E-state index contributed by atoms with van der Waals surface area (Å²) >= 11 is 6.06. The number of halogens is 1. The number of aryl methyl sites for hydroxylation is 1. The van der Waals surface area contributed by atoms with E-state index >= 15 is 0 Å². The number of rotatable bonds is 2. The lowest BCUT2D eigenvalue weighted by molar-refractivity contribution is 0.483. The molecule has 0 aliphatic heterocycles. The van der Waals surface area contributed by atoms with Crippen molar-refractivity contribution in [2.24, 2.45) is 0 Å². The highest BCUT2D eigenvalue weighted by Crippen LogP contribution is 2.30. The molecule has 2 aromatic carbocycles. The number of hydrogen-bond acceptors (Lipinski definition) is 2. The monoisotopic (exact) mass is 233 g/mol. The normalized spacial score (nSPS) is 10.1. The molecule has 0 bridgehead atoms. The quantitative estimate of drug-likeness (QED) is 0.795. The molecule has 82 valence electrons. The summed E-state index contributed by atoms with van der Waals surface area (Å²) in [6, 6.07) is 12.9. The third-order valence-electron chi connectivity index (χ3n) is 2.17. The average Bonchev–Trinajstić information content (AvgIpc) is 2.22. The van der Waals surface area contributed by atoms with Crippen LogP contribution in [0.1, 0.15) is 5.56 Å². The lowest BCUT2D eigenvalue weighted by Gasteiger charge is -2.08. The number of ether oxygens (including phenoxy) is 1. The summed E-state index contributed by atoms with van der Waals surface area (Å²) in [5, 5.41) is 0.599. The lowest BCUT2D eigenvalue weighted by Crippen LogP contribution is -1.88. The van der Waals surface area contributed by atoms with Crippen molar-refractivity contribution in [2.45, 2.75) is 6.92 Å².